The fraction of sp³-hybridized carbons (Fsp3) is 0.875. The fourth-order valence-electron chi connectivity index (χ4n) is 3.74. The molecule has 25 heavy (non-hydrogen) atoms. The van der Waals surface area contributed by atoms with Crippen molar-refractivity contribution < 1.29 is 13.2 Å². The molecule has 2 aliphatic rings. The molecule has 0 aromatic heterocycles. The van der Waals surface area contributed by atoms with Gasteiger partial charge in [0.1, 0.15) is 0 Å². The molecule has 9 heteroatoms. The molecular weight excluding hydrogens is 455 g/mol. The third-order valence-electron chi connectivity index (χ3n) is 5.12. The van der Waals surface area contributed by atoms with Crippen LogP contribution in [0.25, 0.3) is 0 Å². The summed E-state index contributed by atoms with van der Waals surface area (Å²) in [5.41, 5.74) is -0.349. The molecule has 1 aliphatic carbocycles. The van der Waals surface area contributed by atoms with E-state index in [0.717, 1.165) is 25.7 Å². The first-order valence-corrected chi connectivity index (χ1v) is 10.5. The van der Waals surface area contributed by atoms with E-state index in [1.807, 2.05) is 0 Å². The predicted molar refractivity (Wildman–Crippen MR) is 111 cm³/mol. The van der Waals surface area contributed by atoms with Gasteiger partial charge in [-0.2, -0.15) is 0 Å². The number of carbonyl (C=O) groups excluding carboxylic acids is 1. The molecule has 1 amide bonds. The van der Waals surface area contributed by atoms with Crippen LogP contribution < -0.4 is 10.6 Å². The largest absolute Gasteiger partial charge is 0.356 e. The van der Waals surface area contributed by atoms with Crippen LogP contribution >= 0.6 is 24.0 Å². The number of halogens is 1. The van der Waals surface area contributed by atoms with Crippen molar-refractivity contribution in [2.75, 3.05) is 45.7 Å². The number of amides is 1. The zero-order valence-electron chi connectivity index (χ0n) is 15.4. The Hall–Kier alpha value is -0.580. The van der Waals surface area contributed by atoms with E-state index in [0.29, 0.717) is 25.5 Å². The van der Waals surface area contributed by atoms with Crippen LogP contribution in [0, 0.1) is 11.3 Å². The first kappa shape index (κ1) is 22.5. The van der Waals surface area contributed by atoms with Gasteiger partial charge in [0.15, 0.2) is 15.8 Å². The molecular formula is C16H31IN4O3S. The van der Waals surface area contributed by atoms with Gasteiger partial charge in [-0.1, -0.05) is 12.8 Å². The van der Waals surface area contributed by atoms with Crippen LogP contribution in [-0.2, 0) is 14.6 Å². The van der Waals surface area contributed by atoms with Gasteiger partial charge in [-0.3, -0.25) is 9.79 Å². The Labute approximate surface area is 168 Å². The highest BCUT2D eigenvalue weighted by Crippen LogP contribution is 2.38. The molecule has 2 rings (SSSR count). The number of hydrogen-bond acceptors (Lipinski definition) is 4. The lowest BCUT2D eigenvalue weighted by atomic mass is 9.84. The topological polar surface area (TPSA) is 90.9 Å². The van der Waals surface area contributed by atoms with Crippen molar-refractivity contribution in [1.82, 2.24) is 15.5 Å². The van der Waals surface area contributed by atoms with Crippen LogP contribution in [0.5, 0.6) is 0 Å². The predicted octanol–water partition coefficient (Wildman–Crippen LogP) is 0.853. The number of hydrogen-bond donors (Lipinski definition) is 2. The number of carbonyl (C=O) groups is 1. The van der Waals surface area contributed by atoms with Crippen molar-refractivity contribution in [1.29, 1.82) is 0 Å². The molecule has 146 valence electrons. The fourth-order valence-corrected chi connectivity index (χ4v) is 5.60. The maximum atomic E-state index is 12.6. The minimum absolute atomic E-state index is 0. The quantitative estimate of drug-likeness (QED) is 0.342. The number of aliphatic imine (C=N–C) groups is 1. The molecule has 1 heterocycles. The summed E-state index contributed by atoms with van der Waals surface area (Å²) in [6.07, 6.45) is 4.65. The van der Waals surface area contributed by atoms with Crippen molar-refractivity contribution >= 4 is 45.7 Å². The molecule has 7 nitrogen and oxygen atoms in total. The molecule has 2 fully saturated rings. The Bertz CT molecular complexity index is 586. The zero-order valence-corrected chi connectivity index (χ0v) is 18.5. The summed E-state index contributed by atoms with van der Waals surface area (Å²) in [4.78, 5) is 18.4. The number of nitrogens with one attached hydrogen (secondary N) is 2. The maximum absolute atomic E-state index is 12.6. The van der Waals surface area contributed by atoms with E-state index in [9.17, 15) is 13.2 Å². The lowest BCUT2D eigenvalue weighted by molar-refractivity contribution is -0.138. The summed E-state index contributed by atoms with van der Waals surface area (Å²) >= 11 is 0. The van der Waals surface area contributed by atoms with E-state index in [1.165, 1.54) is 0 Å². The Balaban J connectivity index is 0.00000312. The normalized spacial score (nSPS) is 24.4. The molecule has 0 aromatic carbocycles. The number of nitrogens with zero attached hydrogens (tertiary/aromatic N) is 2. The molecule has 0 radical (unpaired) electrons. The van der Waals surface area contributed by atoms with Crippen LogP contribution in [0.4, 0.5) is 0 Å². The standard InChI is InChI=1S/C16H30N4O3S.HI/c1-17-15(18-10-13-6-9-24(22,23)11-13)19-12-16(7-4-5-8-16)14(21)20(2)3;/h13H,4-12H2,1-3H3,(H2,17,18,19);1H. The Morgan fingerprint density at radius 2 is 1.88 bits per heavy atom. The minimum atomic E-state index is -2.86. The van der Waals surface area contributed by atoms with Crippen molar-refractivity contribution in [3.63, 3.8) is 0 Å². The molecule has 1 unspecified atom stereocenters. The second kappa shape index (κ2) is 9.38. The van der Waals surface area contributed by atoms with Crippen molar-refractivity contribution in [2.45, 2.75) is 32.1 Å². The zero-order chi connectivity index (χ0) is 17.8. The number of sulfone groups is 1. The first-order valence-electron chi connectivity index (χ1n) is 8.65. The summed E-state index contributed by atoms with van der Waals surface area (Å²) in [7, 11) is 2.44. The number of rotatable bonds is 5. The van der Waals surface area contributed by atoms with Gasteiger partial charge in [-0.25, -0.2) is 8.42 Å². The van der Waals surface area contributed by atoms with Crippen LogP contribution in [0.2, 0.25) is 0 Å². The number of guanidine groups is 1. The van der Waals surface area contributed by atoms with Crippen LogP contribution in [-0.4, -0.2) is 70.9 Å². The summed E-state index contributed by atoms with van der Waals surface area (Å²) in [5, 5.41) is 6.48. The van der Waals surface area contributed by atoms with Gasteiger partial charge in [0, 0.05) is 34.2 Å². The molecule has 1 saturated carbocycles. The molecule has 2 N–H and O–H groups in total. The monoisotopic (exact) mass is 486 g/mol. The third kappa shape index (κ3) is 5.97. The summed E-state index contributed by atoms with van der Waals surface area (Å²) in [6, 6.07) is 0. The maximum Gasteiger partial charge on any atom is 0.230 e. The smallest absolute Gasteiger partial charge is 0.230 e. The second-order valence-electron chi connectivity index (χ2n) is 7.26. The van der Waals surface area contributed by atoms with Crippen LogP contribution in [0.3, 0.4) is 0 Å². The van der Waals surface area contributed by atoms with Crippen LogP contribution in [0.1, 0.15) is 32.1 Å². The summed E-state index contributed by atoms with van der Waals surface area (Å²) < 4.78 is 23.0. The van der Waals surface area contributed by atoms with E-state index >= 15 is 0 Å². The Kier molecular flexibility index (Phi) is 8.43. The van der Waals surface area contributed by atoms with Gasteiger partial charge in [-0.05, 0) is 25.2 Å². The highest BCUT2D eigenvalue weighted by Gasteiger charge is 2.42. The van der Waals surface area contributed by atoms with Gasteiger partial charge >= 0.3 is 0 Å². The van der Waals surface area contributed by atoms with E-state index in [4.69, 9.17) is 0 Å². The molecule has 0 spiro atoms. The molecule has 0 aromatic rings. The average Bonchev–Trinajstić information content (AvgIpc) is 3.14. The Morgan fingerprint density at radius 1 is 1.24 bits per heavy atom. The first-order chi connectivity index (χ1) is 11.3. The molecule has 1 aliphatic heterocycles. The van der Waals surface area contributed by atoms with E-state index < -0.39 is 9.84 Å². The molecule has 1 atom stereocenters. The van der Waals surface area contributed by atoms with Gasteiger partial charge < -0.3 is 15.5 Å². The van der Waals surface area contributed by atoms with Gasteiger partial charge in [0.05, 0.1) is 16.9 Å². The summed E-state index contributed by atoms with van der Waals surface area (Å²) in [5.74, 6) is 1.48. The van der Waals surface area contributed by atoms with Gasteiger partial charge in [0.2, 0.25) is 5.91 Å². The third-order valence-corrected chi connectivity index (χ3v) is 6.96. The van der Waals surface area contributed by atoms with Gasteiger partial charge in [0.25, 0.3) is 0 Å². The van der Waals surface area contributed by atoms with Crippen molar-refractivity contribution in [3.8, 4) is 0 Å². The SMILES string of the molecule is CN=C(NCC1CCS(=O)(=O)C1)NCC1(C(=O)N(C)C)CCCC1.I. The molecule has 1 saturated heterocycles. The average molecular weight is 486 g/mol. The van der Waals surface area contributed by atoms with E-state index in [1.54, 1.807) is 26.0 Å². The van der Waals surface area contributed by atoms with Crippen molar-refractivity contribution in [3.05, 3.63) is 0 Å². The Morgan fingerprint density at radius 3 is 2.36 bits per heavy atom. The van der Waals surface area contributed by atoms with Crippen LogP contribution in [0.15, 0.2) is 4.99 Å². The van der Waals surface area contributed by atoms with E-state index in [2.05, 4.69) is 15.6 Å². The molecule has 0 bridgehead atoms. The summed E-state index contributed by atoms with van der Waals surface area (Å²) in [6.45, 7) is 1.15. The van der Waals surface area contributed by atoms with Gasteiger partial charge in [-0.15, -0.1) is 24.0 Å². The highest BCUT2D eigenvalue weighted by molar-refractivity contribution is 14.0. The minimum Gasteiger partial charge on any atom is -0.356 e. The highest BCUT2D eigenvalue weighted by atomic mass is 127. The second-order valence-corrected chi connectivity index (χ2v) is 9.49. The lowest BCUT2D eigenvalue weighted by Crippen LogP contribution is -2.49. The van der Waals surface area contributed by atoms with Crippen molar-refractivity contribution in [2.24, 2.45) is 16.3 Å². The van der Waals surface area contributed by atoms with E-state index in [-0.39, 0.29) is 52.7 Å². The lowest BCUT2D eigenvalue weighted by Gasteiger charge is -2.31.